The minimum atomic E-state index is -1.52. The van der Waals surface area contributed by atoms with Gasteiger partial charge in [-0.05, 0) is 6.92 Å². The minimum Gasteiger partial charge on any atom is -0.455 e. The fraction of sp³-hybridized carbons (Fsp3) is 0.833. The lowest BCUT2D eigenvalue weighted by Crippen LogP contribution is -2.37. The predicted molar refractivity (Wildman–Crippen MR) is 33.6 cm³/mol. The highest BCUT2D eigenvalue weighted by Gasteiger charge is 2.44. The summed E-state index contributed by atoms with van der Waals surface area (Å²) in [5.74, 6) is -0.886. The summed E-state index contributed by atoms with van der Waals surface area (Å²) in [7, 11) is 0. The van der Waals surface area contributed by atoms with Crippen molar-refractivity contribution in [2.75, 3.05) is 0 Å². The Morgan fingerprint density at radius 3 is 2.27 bits per heavy atom. The Morgan fingerprint density at radius 1 is 1.55 bits per heavy atom. The summed E-state index contributed by atoms with van der Waals surface area (Å²) in [6, 6.07) is 0. The van der Waals surface area contributed by atoms with Gasteiger partial charge in [0.05, 0.1) is 6.10 Å². The lowest BCUT2D eigenvalue weighted by Gasteiger charge is -2.15. The molecule has 0 amide bonds. The summed E-state index contributed by atoms with van der Waals surface area (Å²) in [6.07, 6.45) is -4.80. The minimum absolute atomic E-state index is 0.886. The van der Waals surface area contributed by atoms with Crippen molar-refractivity contribution in [2.45, 2.75) is 31.3 Å². The number of carbonyl (C=O) groups excluding carboxylic acids is 1. The lowest BCUT2D eigenvalue weighted by molar-refractivity contribution is -0.150. The fourth-order valence-corrected chi connectivity index (χ4v) is 0.976. The molecule has 0 unspecified atom stereocenters. The molecule has 1 saturated heterocycles. The van der Waals surface area contributed by atoms with Crippen LogP contribution in [0.3, 0.4) is 0 Å². The van der Waals surface area contributed by atoms with Crippen LogP contribution in [-0.4, -0.2) is 45.7 Å². The van der Waals surface area contributed by atoms with Crippen molar-refractivity contribution in [3.8, 4) is 0 Å². The van der Waals surface area contributed by atoms with E-state index in [4.69, 9.17) is 15.3 Å². The van der Waals surface area contributed by atoms with E-state index >= 15 is 0 Å². The Kier molecular flexibility index (Phi) is 2.12. The van der Waals surface area contributed by atoms with Crippen LogP contribution in [0.5, 0.6) is 0 Å². The van der Waals surface area contributed by atoms with Gasteiger partial charge in [0.1, 0.15) is 6.10 Å². The second-order valence-corrected chi connectivity index (χ2v) is 2.58. The molecular formula is C6H10O5. The zero-order valence-corrected chi connectivity index (χ0v) is 5.97. The molecule has 0 aromatic carbocycles. The average Bonchev–Trinajstić information content (AvgIpc) is 2.17. The lowest BCUT2D eigenvalue weighted by atomic mass is 10.1. The molecule has 1 aliphatic rings. The molecule has 11 heavy (non-hydrogen) atoms. The van der Waals surface area contributed by atoms with Gasteiger partial charge in [0.25, 0.3) is 0 Å². The number of aliphatic hydroxyl groups is 3. The molecular weight excluding hydrogens is 152 g/mol. The van der Waals surface area contributed by atoms with Crippen LogP contribution in [0.4, 0.5) is 0 Å². The molecule has 0 aliphatic carbocycles. The number of esters is 1. The van der Waals surface area contributed by atoms with Crippen LogP contribution < -0.4 is 0 Å². The van der Waals surface area contributed by atoms with E-state index in [9.17, 15) is 4.79 Å². The molecule has 0 saturated carbocycles. The third-order valence-corrected chi connectivity index (χ3v) is 1.63. The average molecular weight is 162 g/mol. The molecule has 0 aromatic rings. The van der Waals surface area contributed by atoms with Crippen LogP contribution in [0.1, 0.15) is 6.92 Å². The van der Waals surface area contributed by atoms with Gasteiger partial charge in [0.2, 0.25) is 0 Å². The van der Waals surface area contributed by atoms with Crippen LogP contribution in [0.15, 0.2) is 0 Å². The van der Waals surface area contributed by atoms with Gasteiger partial charge >= 0.3 is 5.97 Å². The Hall–Kier alpha value is -0.650. The van der Waals surface area contributed by atoms with E-state index in [2.05, 4.69) is 4.74 Å². The second kappa shape index (κ2) is 2.77. The smallest absolute Gasteiger partial charge is 0.338 e. The van der Waals surface area contributed by atoms with Crippen molar-refractivity contribution in [2.24, 2.45) is 0 Å². The molecule has 0 spiro atoms. The van der Waals surface area contributed by atoms with Crippen LogP contribution in [0.2, 0.25) is 0 Å². The first-order chi connectivity index (χ1) is 5.04. The molecule has 5 heteroatoms. The second-order valence-electron chi connectivity index (χ2n) is 2.58. The number of rotatable bonds is 1. The largest absolute Gasteiger partial charge is 0.455 e. The molecule has 3 N–H and O–H groups in total. The summed E-state index contributed by atoms with van der Waals surface area (Å²) in [4.78, 5) is 10.6. The number of hydrogen-bond acceptors (Lipinski definition) is 5. The van der Waals surface area contributed by atoms with Crippen LogP contribution >= 0.6 is 0 Å². The normalized spacial score (nSPS) is 40.4. The monoisotopic (exact) mass is 162 g/mol. The maximum atomic E-state index is 10.6. The zero-order chi connectivity index (χ0) is 8.59. The first kappa shape index (κ1) is 8.45. The highest BCUT2D eigenvalue weighted by atomic mass is 16.6. The van der Waals surface area contributed by atoms with Gasteiger partial charge in [-0.3, -0.25) is 0 Å². The van der Waals surface area contributed by atoms with Gasteiger partial charge in [0, 0.05) is 0 Å². The van der Waals surface area contributed by atoms with E-state index in [0.29, 0.717) is 0 Å². The summed E-state index contributed by atoms with van der Waals surface area (Å²) >= 11 is 0. The highest BCUT2D eigenvalue weighted by Crippen LogP contribution is 2.18. The third kappa shape index (κ3) is 1.35. The van der Waals surface area contributed by atoms with Crippen molar-refractivity contribution in [3.05, 3.63) is 0 Å². The van der Waals surface area contributed by atoms with Crippen molar-refractivity contribution in [3.63, 3.8) is 0 Å². The van der Waals surface area contributed by atoms with E-state index in [0.717, 1.165) is 0 Å². The summed E-state index contributed by atoms with van der Waals surface area (Å²) < 4.78 is 4.46. The van der Waals surface area contributed by atoms with E-state index in [1.54, 1.807) is 0 Å². The standard InChI is InChI=1S/C6H10O5/c1-2(7)5-3(8)4(9)6(10)11-5/h2-5,7-9H,1H3/t2-,3+,4-,5+/m0/s1. The van der Waals surface area contributed by atoms with Gasteiger partial charge in [-0.25, -0.2) is 4.79 Å². The van der Waals surface area contributed by atoms with E-state index < -0.39 is 30.4 Å². The van der Waals surface area contributed by atoms with Crippen molar-refractivity contribution < 1.29 is 24.9 Å². The Balaban J connectivity index is 2.67. The zero-order valence-electron chi connectivity index (χ0n) is 5.97. The van der Waals surface area contributed by atoms with Crippen molar-refractivity contribution >= 4 is 5.97 Å². The van der Waals surface area contributed by atoms with Crippen LogP contribution in [0, 0.1) is 0 Å². The number of cyclic esters (lactones) is 1. The number of hydrogen-bond donors (Lipinski definition) is 3. The first-order valence-electron chi connectivity index (χ1n) is 3.28. The van der Waals surface area contributed by atoms with Crippen LogP contribution in [-0.2, 0) is 9.53 Å². The molecule has 1 rings (SSSR count). The molecule has 5 nitrogen and oxygen atoms in total. The summed E-state index contributed by atoms with van der Waals surface area (Å²) in [6.45, 7) is 1.37. The van der Waals surface area contributed by atoms with Gasteiger partial charge in [0.15, 0.2) is 12.2 Å². The number of carbonyl (C=O) groups is 1. The van der Waals surface area contributed by atoms with Crippen LogP contribution in [0.25, 0.3) is 0 Å². The molecule has 0 aromatic heterocycles. The SMILES string of the molecule is C[C@H](O)[C@H]1OC(=O)[C@@H](O)[C@H]1O. The van der Waals surface area contributed by atoms with E-state index in [1.807, 2.05) is 0 Å². The quantitative estimate of drug-likeness (QED) is 0.389. The third-order valence-electron chi connectivity index (χ3n) is 1.63. The van der Waals surface area contributed by atoms with Gasteiger partial charge in [-0.2, -0.15) is 0 Å². The number of ether oxygens (including phenoxy) is 1. The summed E-state index contributed by atoms with van der Waals surface area (Å²) in [5.41, 5.74) is 0. The molecule has 0 bridgehead atoms. The maximum absolute atomic E-state index is 10.6. The molecule has 4 atom stereocenters. The maximum Gasteiger partial charge on any atom is 0.338 e. The molecule has 1 aliphatic heterocycles. The Morgan fingerprint density at radius 2 is 2.09 bits per heavy atom. The Bertz CT molecular complexity index is 166. The van der Waals surface area contributed by atoms with Gasteiger partial charge < -0.3 is 20.1 Å². The predicted octanol–water partition coefficient (Wildman–Crippen LogP) is -1.99. The van der Waals surface area contributed by atoms with Gasteiger partial charge in [-0.1, -0.05) is 0 Å². The molecule has 0 radical (unpaired) electrons. The highest BCUT2D eigenvalue weighted by molar-refractivity contribution is 5.77. The fourth-order valence-electron chi connectivity index (χ4n) is 0.976. The first-order valence-corrected chi connectivity index (χ1v) is 3.28. The van der Waals surface area contributed by atoms with Crippen molar-refractivity contribution in [1.29, 1.82) is 0 Å². The van der Waals surface area contributed by atoms with E-state index in [1.165, 1.54) is 6.92 Å². The molecule has 1 fully saturated rings. The number of aliphatic hydroxyl groups excluding tert-OH is 3. The molecule has 1 heterocycles. The molecule has 64 valence electrons. The Labute approximate surface area is 63.2 Å². The topological polar surface area (TPSA) is 87.0 Å². The van der Waals surface area contributed by atoms with E-state index in [-0.39, 0.29) is 0 Å². The van der Waals surface area contributed by atoms with Gasteiger partial charge in [-0.15, -0.1) is 0 Å². The van der Waals surface area contributed by atoms with Crippen molar-refractivity contribution in [1.82, 2.24) is 0 Å². The summed E-state index contributed by atoms with van der Waals surface area (Å²) in [5, 5.41) is 26.8.